The Hall–Kier alpha value is -0.120. The Balaban J connectivity index is 1.81. The summed E-state index contributed by atoms with van der Waals surface area (Å²) in [6.07, 6.45) is 4.17. The van der Waals surface area contributed by atoms with Gasteiger partial charge in [0.2, 0.25) is 0 Å². The minimum absolute atomic E-state index is 0.811. The van der Waals surface area contributed by atoms with Crippen LogP contribution in [0.5, 0.6) is 0 Å². The molecule has 0 amide bonds. The van der Waals surface area contributed by atoms with Crippen LogP contribution in [0.2, 0.25) is 0 Å². The summed E-state index contributed by atoms with van der Waals surface area (Å²) in [6, 6.07) is 0.811. The smallest absolute Gasteiger partial charge is 0.0221 e. The molecule has 0 radical (unpaired) electrons. The standard InChI is InChI=1S/C11H23N3/c1-13-6-8-14(9-7-13)11-4-2-3-5-12-10-11/h11-12H,2-10H2,1H3/t11-/m1/s1. The van der Waals surface area contributed by atoms with Crippen molar-refractivity contribution >= 4 is 0 Å². The Morgan fingerprint density at radius 1 is 1.07 bits per heavy atom. The molecule has 0 aliphatic carbocycles. The van der Waals surface area contributed by atoms with Gasteiger partial charge in [-0.1, -0.05) is 6.42 Å². The van der Waals surface area contributed by atoms with Crippen molar-refractivity contribution in [2.24, 2.45) is 0 Å². The summed E-state index contributed by atoms with van der Waals surface area (Å²) in [5.41, 5.74) is 0. The van der Waals surface area contributed by atoms with E-state index in [-0.39, 0.29) is 0 Å². The molecular formula is C11H23N3. The maximum atomic E-state index is 3.55. The molecule has 3 heteroatoms. The molecule has 0 unspecified atom stereocenters. The van der Waals surface area contributed by atoms with E-state index < -0.39 is 0 Å². The lowest BCUT2D eigenvalue weighted by Gasteiger charge is -2.37. The normalized spacial score (nSPS) is 32.8. The van der Waals surface area contributed by atoms with Crippen LogP contribution in [0.15, 0.2) is 0 Å². The zero-order chi connectivity index (χ0) is 9.80. The van der Waals surface area contributed by atoms with E-state index in [9.17, 15) is 0 Å². The highest BCUT2D eigenvalue weighted by Crippen LogP contribution is 2.13. The molecule has 0 aromatic heterocycles. The Kier molecular flexibility index (Phi) is 3.79. The number of nitrogens with zero attached hydrogens (tertiary/aromatic N) is 2. The number of likely N-dealkylation sites (N-methyl/N-ethyl adjacent to an activating group) is 1. The largest absolute Gasteiger partial charge is 0.315 e. The lowest BCUT2D eigenvalue weighted by atomic mass is 10.1. The van der Waals surface area contributed by atoms with Crippen LogP contribution in [0, 0.1) is 0 Å². The second-order valence-electron chi connectivity index (χ2n) is 4.69. The lowest BCUT2D eigenvalue weighted by Crippen LogP contribution is -2.51. The molecule has 82 valence electrons. The number of hydrogen-bond donors (Lipinski definition) is 1. The van der Waals surface area contributed by atoms with E-state index in [0.29, 0.717) is 0 Å². The third-order valence-corrected chi connectivity index (χ3v) is 3.58. The molecule has 0 spiro atoms. The summed E-state index contributed by atoms with van der Waals surface area (Å²) in [7, 11) is 2.22. The van der Waals surface area contributed by atoms with Crippen molar-refractivity contribution < 1.29 is 0 Å². The molecular weight excluding hydrogens is 174 g/mol. The first kappa shape index (κ1) is 10.4. The van der Waals surface area contributed by atoms with Crippen molar-refractivity contribution in [3.05, 3.63) is 0 Å². The quantitative estimate of drug-likeness (QED) is 0.655. The van der Waals surface area contributed by atoms with Crippen LogP contribution in [0.4, 0.5) is 0 Å². The summed E-state index contributed by atoms with van der Waals surface area (Å²) < 4.78 is 0. The fraction of sp³-hybridized carbons (Fsp3) is 1.00. The van der Waals surface area contributed by atoms with Gasteiger partial charge in [0.15, 0.2) is 0 Å². The van der Waals surface area contributed by atoms with Gasteiger partial charge >= 0.3 is 0 Å². The summed E-state index contributed by atoms with van der Waals surface area (Å²) in [4.78, 5) is 5.11. The molecule has 1 atom stereocenters. The molecule has 0 bridgehead atoms. The van der Waals surface area contributed by atoms with Crippen molar-refractivity contribution in [3.63, 3.8) is 0 Å². The van der Waals surface area contributed by atoms with Gasteiger partial charge in [-0.3, -0.25) is 4.90 Å². The molecule has 2 aliphatic rings. The average Bonchev–Trinajstić information content (AvgIpc) is 2.47. The minimum Gasteiger partial charge on any atom is -0.315 e. The third kappa shape index (κ3) is 2.69. The topological polar surface area (TPSA) is 18.5 Å². The molecule has 0 aromatic rings. The van der Waals surface area contributed by atoms with Gasteiger partial charge in [0.05, 0.1) is 0 Å². The molecule has 14 heavy (non-hydrogen) atoms. The Bertz CT molecular complexity index is 156. The summed E-state index contributed by atoms with van der Waals surface area (Å²) in [5, 5.41) is 3.55. The van der Waals surface area contributed by atoms with Gasteiger partial charge in [-0.05, 0) is 26.4 Å². The number of piperazine rings is 1. The molecule has 1 N–H and O–H groups in total. The van der Waals surface area contributed by atoms with Gasteiger partial charge in [-0.15, -0.1) is 0 Å². The van der Waals surface area contributed by atoms with Crippen LogP contribution in [0.3, 0.4) is 0 Å². The molecule has 2 fully saturated rings. The number of hydrogen-bond acceptors (Lipinski definition) is 3. The van der Waals surface area contributed by atoms with Gasteiger partial charge in [-0.25, -0.2) is 0 Å². The zero-order valence-corrected chi connectivity index (χ0v) is 9.34. The predicted molar refractivity (Wildman–Crippen MR) is 59.6 cm³/mol. The summed E-state index contributed by atoms with van der Waals surface area (Å²) in [5.74, 6) is 0. The fourth-order valence-electron chi connectivity index (χ4n) is 2.50. The van der Waals surface area contributed by atoms with Crippen molar-refractivity contribution in [2.75, 3.05) is 46.3 Å². The van der Waals surface area contributed by atoms with Gasteiger partial charge in [0.1, 0.15) is 0 Å². The van der Waals surface area contributed by atoms with E-state index >= 15 is 0 Å². The van der Waals surface area contributed by atoms with Gasteiger partial charge in [0, 0.05) is 38.8 Å². The Morgan fingerprint density at radius 3 is 2.64 bits per heavy atom. The van der Waals surface area contributed by atoms with E-state index in [1.807, 2.05) is 0 Å². The van der Waals surface area contributed by atoms with Crippen LogP contribution in [0.25, 0.3) is 0 Å². The van der Waals surface area contributed by atoms with Crippen LogP contribution >= 0.6 is 0 Å². The zero-order valence-electron chi connectivity index (χ0n) is 9.34. The van der Waals surface area contributed by atoms with E-state index in [2.05, 4.69) is 22.2 Å². The number of nitrogens with one attached hydrogen (secondary N) is 1. The van der Waals surface area contributed by atoms with Crippen LogP contribution in [-0.4, -0.2) is 62.2 Å². The molecule has 2 aliphatic heterocycles. The predicted octanol–water partition coefficient (Wildman–Crippen LogP) is 0.376. The van der Waals surface area contributed by atoms with Gasteiger partial charge in [-0.2, -0.15) is 0 Å². The summed E-state index contributed by atoms with van der Waals surface area (Å²) in [6.45, 7) is 7.46. The Morgan fingerprint density at radius 2 is 1.86 bits per heavy atom. The molecule has 0 saturated carbocycles. The SMILES string of the molecule is CN1CCN([C@@H]2CCCCNC2)CC1. The summed E-state index contributed by atoms with van der Waals surface area (Å²) >= 11 is 0. The van der Waals surface area contributed by atoms with Crippen molar-refractivity contribution in [3.8, 4) is 0 Å². The average molecular weight is 197 g/mol. The molecule has 2 rings (SSSR count). The van der Waals surface area contributed by atoms with Crippen molar-refractivity contribution in [2.45, 2.75) is 25.3 Å². The van der Waals surface area contributed by atoms with Gasteiger partial charge in [0.25, 0.3) is 0 Å². The number of rotatable bonds is 1. The monoisotopic (exact) mass is 197 g/mol. The molecule has 3 nitrogen and oxygen atoms in total. The van der Waals surface area contributed by atoms with Crippen molar-refractivity contribution in [1.82, 2.24) is 15.1 Å². The highest BCUT2D eigenvalue weighted by atomic mass is 15.3. The van der Waals surface area contributed by atoms with Crippen LogP contribution in [-0.2, 0) is 0 Å². The highest BCUT2D eigenvalue weighted by Gasteiger charge is 2.22. The highest BCUT2D eigenvalue weighted by molar-refractivity contribution is 4.80. The van der Waals surface area contributed by atoms with E-state index in [4.69, 9.17) is 0 Å². The Labute approximate surface area is 87.4 Å². The molecule has 2 heterocycles. The maximum Gasteiger partial charge on any atom is 0.0221 e. The van der Waals surface area contributed by atoms with Crippen LogP contribution in [0.1, 0.15) is 19.3 Å². The second kappa shape index (κ2) is 5.10. The first-order chi connectivity index (χ1) is 6.86. The molecule has 2 saturated heterocycles. The van der Waals surface area contributed by atoms with E-state index in [1.165, 1.54) is 58.5 Å². The first-order valence-corrected chi connectivity index (χ1v) is 5.99. The second-order valence-corrected chi connectivity index (χ2v) is 4.69. The third-order valence-electron chi connectivity index (χ3n) is 3.58. The van der Waals surface area contributed by atoms with E-state index in [1.54, 1.807) is 0 Å². The minimum atomic E-state index is 0.811. The first-order valence-electron chi connectivity index (χ1n) is 5.99. The maximum absolute atomic E-state index is 3.55. The molecule has 0 aromatic carbocycles. The van der Waals surface area contributed by atoms with Crippen molar-refractivity contribution in [1.29, 1.82) is 0 Å². The van der Waals surface area contributed by atoms with Gasteiger partial charge < -0.3 is 10.2 Å². The fourth-order valence-corrected chi connectivity index (χ4v) is 2.50. The van der Waals surface area contributed by atoms with E-state index in [0.717, 1.165) is 6.04 Å². The van der Waals surface area contributed by atoms with Crippen LogP contribution < -0.4 is 5.32 Å². The lowest BCUT2D eigenvalue weighted by molar-refractivity contribution is 0.108.